The highest BCUT2D eigenvalue weighted by atomic mass is 16.5. The van der Waals surface area contributed by atoms with Gasteiger partial charge in [-0.1, -0.05) is 42.5 Å². The SMILES string of the molecule is CO/C=C(/C(=O)OC)C1=C(/C=C/c2ccccc2)CCCC1. The van der Waals surface area contributed by atoms with Crippen LogP contribution in [0.5, 0.6) is 0 Å². The lowest BCUT2D eigenvalue weighted by Crippen LogP contribution is -2.11. The van der Waals surface area contributed by atoms with Crippen molar-refractivity contribution in [3.05, 3.63) is 65.0 Å². The van der Waals surface area contributed by atoms with Gasteiger partial charge in [0.2, 0.25) is 0 Å². The van der Waals surface area contributed by atoms with Crippen LogP contribution in [-0.4, -0.2) is 20.2 Å². The summed E-state index contributed by atoms with van der Waals surface area (Å²) in [5, 5.41) is 0. The van der Waals surface area contributed by atoms with Crippen molar-refractivity contribution in [2.75, 3.05) is 14.2 Å². The maximum absolute atomic E-state index is 12.0. The topological polar surface area (TPSA) is 35.5 Å². The summed E-state index contributed by atoms with van der Waals surface area (Å²) in [6.07, 6.45) is 9.74. The summed E-state index contributed by atoms with van der Waals surface area (Å²) in [5.74, 6) is -0.343. The number of hydrogen-bond donors (Lipinski definition) is 0. The Balaban J connectivity index is 2.34. The number of carbonyl (C=O) groups excluding carboxylic acids is 1. The predicted molar refractivity (Wildman–Crippen MR) is 88.1 cm³/mol. The van der Waals surface area contributed by atoms with Gasteiger partial charge in [0.1, 0.15) is 0 Å². The molecular weight excluding hydrogens is 276 g/mol. The fraction of sp³-hybridized carbons (Fsp3) is 0.316. The van der Waals surface area contributed by atoms with Gasteiger partial charge < -0.3 is 9.47 Å². The molecular formula is C19H22O3. The lowest BCUT2D eigenvalue weighted by atomic mass is 9.87. The first-order chi connectivity index (χ1) is 10.8. The maximum atomic E-state index is 12.0. The zero-order valence-corrected chi connectivity index (χ0v) is 13.2. The second kappa shape index (κ2) is 8.23. The molecule has 2 rings (SSSR count). The van der Waals surface area contributed by atoms with E-state index in [-0.39, 0.29) is 5.97 Å². The molecule has 1 aliphatic carbocycles. The molecule has 0 spiro atoms. The number of ether oxygens (including phenoxy) is 2. The van der Waals surface area contributed by atoms with Gasteiger partial charge in [0, 0.05) is 0 Å². The minimum atomic E-state index is -0.343. The summed E-state index contributed by atoms with van der Waals surface area (Å²) in [7, 11) is 2.94. The summed E-state index contributed by atoms with van der Waals surface area (Å²) >= 11 is 0. The highest BCUT2D eigenvalue weighted by Crippen LogP contribution is 2.31. The van der Waals surface area contributed by atoms with Gasteiger partial charge in [0.15, 0.2) is 0 Å². The van der Waals surface area contributed by atoms with Crippen LogP contribution in [0.3, 0.4) is 0 Å². The molecule has 3 heteroatoms. The van der Waals surface area contributed by atoms with E-state index in [1.807, 2.05) is 18.2 Å². The van der Waals surface area contributed by atoms with Crippen molar-refractivity contribution in [3.8, 4) is 0 Å². The van der Waals surface area contributed by atoms with Crippen LogP contribution in [0.4, 0.5) is 0 Å². The summed E-state index contributed by atoms with van der Waals surface area (Å²) < 4.78 is 9.95. The third-order valence-electron chi connectivity index (χ3n) is 3.75. The van der Waals surface area contributed by atoms with Gasteiger partial charge in [-0.25, -0.2) is 4.79 Å². The minimum absolute atomic E-state index is 0.343. The summed E-state index contributed by atoms with van der Waals surface area (Å²) in [6, 6.07) is 10.2. The normalized spacial score (nSPS) is 16.0. The molecule has 0 fully saturated rings. The Morgan fingerprint density at radius 2 is 1.77 bits per heavy atom. The van der Waals surface area contributed by atoms with Gasteiger partial charge in [-0.2, -0.15) is 0 Å². The lowest BCUT2D eigenvalue weighted by Gasteiger charge is -2.19. The second-order valence-electron chi connectivity index (χ2n) is 5.21. The van der Waals surface area contributed by atoms with E-state index in [4.69, 9.17) is 9.47 Å². The molecule has 116 valence electrons. The van der Waals surface area contributed by atoms with Crippen LogP contribution in [0.15, 0.2) is 59.4 Å². The zero-order valence-electron chi connectivity index (χ0n) is 13.2. The van der Waals surface area contributed by atoms with E-state index < -0.39 is 0 Å². The van der Waals surface area contributed by atoms with Gasteiger partial charge in [0.25, 0.3) is 0 Å². The van der Waals surface area contributed by atoms with Crippen molar-refractivity contribution in [1.29, 1.82) is 0 Å². The number of carbonyl (C=O) groups is 1. The van der Waals surface area contributed by atoms with E-state index >= 15 is 0 Å². The summed E-state index contributed by atoms with van der Waals surface area (Å²) in [4.78, 5) is 12.0. The molecule has 0 atom stereocenters. The Bertz CT molecular complexity index is 594. The first-order valence-electron chi connectivity index (χ1n) is 7.53. The molecule has 1 aromatic carbocycles. The minimum Gasteiger partial charge on any atom is -0.503 e. The predicted octanol–water partition coefficient (Wildman–Crippen LogP) is 4.27. The molecule has 3 nitrogen and oxygen atoms in total. The van der Waals surface area contributed by atoms with Crippen LogP contribution >= 0.6 is 0 Å². The van der Waals surface area contributed by atoms with E-state index in [0.717, 1.165) is 36.8 Å². The molecule has 0 unspecified atom stereocenters. The molecule has 0 radical (unpaired) electrons. The first-order valence-corrected chi connectivity index (χ1v) is 7.53. The highest BCUT2D eigenvalue weighted by Gasteiger charge is 2.21. The lowest BCUT2D eigenvalue weighted by molar-refractivity contribution is -0.136. The Labute approximate surface area is 131 Å². The van der Waals surface area contributed by atoms with Crippen LogP contribution in [0, 0.1) is 0 Å². The van der Waals surface area contributed by atoms with Crippen molar-refractivity contribution in [1.82, 2.24) is 0 Å². The van der Waals surface area contributed by atoms with E-state index in [1.165, 1.54) is 18.9 Å². The molecule has 0 bridgehead atoms. The Hall–Kier alpha value is -2.29. The second-order valence-corrected chi connectivity index (χ2v) is 5.21. The third kappa shape index (κ3) is 4.10. The van der Waals surface area contributed by atoms with Crippen molar-refractivity contribution in [2.24, 2.45) is 0 Å². The fourth-order valence-corrected chi connectivity index (χ4v) is 2.65. The highest BCUT2D eigenvalue weighted by molar-refractivity contribution is 5.93. The van der Waals surface area contributed by atoms with Crippen LogP contribution in [-0.2, 0) is 14.3 Å². The van der Waals surface area contributed by atoms with Crippen LogP contribution < -0.4 is 0 Å². The number of hydrogen-bond acceptors (Lipinski definition) is 3. The molecule has 0 heterocycles. The first kappa shape index (κ1) is 16.1. The van der Waals surface area contributed by atoms with Crippen molar-refractivity contribution >= 4 is 12.0 Å². The number of esters is 1. The molecule has 22 heavy (non-hydrogen) atoms. The molecule has 0 aliphatic heterocycles. The van der Waals surface area contributed by atoms with Crippen LogP contribution in [0.1, 0.15) is 31.2 Å². The Kier molecular flexibility index (Phi) is 6.01. The third-order valence-corrected chi connectivity index (χ3v) is 3.75. The average molecular weight is 298 g/mol. The molecule has 0 amide bonds. The average Bonchev–Trinajstić information content (AvgIpc) is 2.58. The molecule has 0 aromatic heterocycles. The largest absolute Gasteiger partial charge is 0.503 e. The van der Waals surface area contributed by atoms with Crippen molar-refractivity contribution < 1.29 is 14.3 Å². The standard InChI is InChI=1S/C19H22O3/c1-21-14-18(19(20)22-2)17-11-7-6-10-16(17)13-12-15-8-4-3-5-9-15/h3-5,8-9,12-14H,6-7,10-11H2,1-2H3/b13-12+,18-14+. The molecule has 1 aromatic rings. The van der Waals surface area contributed by atoms with Gasteiger partial charge >= 0.3 is 5.97 Å². The van der Waals surface area contributed by atoms with Gasteiger partial charge in [-0.3, -0.25) is 0 Å². The number of methoxy groups -OCH3 is 2. The fourth-order valence-electron chi connectivity index (χ4n) is 2.65. The van der Waals surface area contributed by atoms with E-state index in [2.05, 4.69) is 24.3 Å². The Morgan fingerprint density at radius 3 is 2.45 bits per heavy atom. The molecule has 1 aliphatic rings. The molecule has 0 saturated heterocycles. The quantitative estimate of drug-likeness (QED) is 0.462. The number of benzene rings is 1. The number of allylic oxidation sites excluding steroid dienone is 2. The van der Waals surface area contributed by atoms with Crippen molar-refractivity contribution in [3.63, 3.8) is 0 Å². The van der Waals surface area contributed by atoms with E-state index in [9.17, 15) is 4.79 Å². The van der Waals surface area contributed by atoms with E-state index in [1.54, 1.807) is 7.11 Å². The Morgan fingerprint density at radius 1 is 1.05 bits per heavy atom. The van der Waals surface area contributed by atoms with Crippen LogP contribution in [0.25, 0.3) is 6.08 Å². The molecule has 0 N–H and O–H groups in total. The molecule has 0 saturated carbocycles. The van der Waals surface area contributed by atoms with Gasteiger partial charge in [-0.05, 0) is 42.4 Å². The summed E-state index contributed by atoms with van der Waals surface area (Å²) in [5.41, 5.74) is 3.89. The monoisotopic (exact) mass is 298 g/mol. The summed E-state index contributed by atoms with van der Waals surface area (Å²) in [6.45, 7) is 0. The smallest absolute Gasteiger partial charge is 0.341 e. The van der Waals surface area contributed by atoms with Crippen molar-refractivity contribution in [2.45, 2.75) is 25.7 Å². The van der Waals surface area contributed by atoms with Gasteiger partial charge in [0.05, 0.1) is 26.1 Å². The maximum Gasteiger partial charge on any atom is 0.341 e. The van der Waals surface area contributed by atoms with E-state index in [0.29, 0.717) is 5.57 Å². The number of rotatable bonds is 5. The van der Waals surface area contributed by atoms with Crippen LogP contribution in [0.2, 0.25) is 0 Å². The zero-order chi connectivity index (χ0) is 15.8. The van der Waals surface area contributed by atoms with Gasteiger partial charge in [-0.15, -0.1) is 0 Å².